The number of rotatable bonds is 3. The predicted molar refractivity (Wildman–Crippen MR) is 68.3 cm³/mol. The lowest BCUT2D eigenvalue weighted by molar-refractivity contribution is 0.456. The number of nitrogens with one attached hydrogen (secondary N) is 1. The number of hydrogen-bond donors (Lipinski definition) is 1. The smallest absolute Gasteiger partial charge is 0.195 e. The molecule has 92 valence electrons. The second-order valence-electron chi connectivity index (χ2n) is 6.05. The van der Waals surface area contributed by atoms with E-state index in [-0.39, 0.29) is 0 Å². The molecular weight excluding hydrogens is 230 g/mol. The van der Waals surface area contributed by atoms with Crippen LogP contribution in [0.5, 0.6) is 0 Å². The van der Waals surface area contributed by atoms with E-state index in [2.05, 4.69) is 21.7 Å². The molecule has 0 amide bonds. The Morgan fingerprint density at radius 1 is 1.35 bits per heavy atom. The van der Waals surface area contributed by atoms with Crippen molar-refractivity contribution in [3.63, 3.8) is 0 Å². The molecule has 1 N–H and O–H groups in total. The monoisotopic (exact) mass is 249 g/mol. The third-order valence-electron chi connectivity index (χ3n) is 5.27. The Morgan fingerprint density at radius 3 is 2.71 bits per heavy atom. The Kier molecular flexibility index (Phi) is 2.08. The van der Waals surface area contributed by atoms with E-state index in [0.29, 0.717) is 0 Å². The average Bonchev–Trinajstić information content (AvgIpc) is 2.65. The fourth-order valence-electron chi connectivity index (χ4n) is 4.69. The fraction of sp³-hybridized carbons (Fsp3) is 0.846. The van der Waals surface area contributed by atoms with Gasteiger partial charge in [-0.1, -0.05) is 6.92 Å². The van der Waals surface area contributed by atoms with Gasteiger partial charge in [0.15, 0.2) is 4.77 Å². The normalized spacial score (nSPS) is 41.8. The van der Waals surface area contributed by atoms with Gasteiger partial charge in [-0.2, -0.15) is 5.10 Å². The highest BCUT2D eigenvalue weighted by Crippen LogP contribution is 2.72. The van der Waals surface area contributed by atoms with Crippen LogP contribution in [0.4, 0.5) is 0 Å². The molecule has 2 bridgehead atoms. The molecule has 17 heavy (non-hydrogen) atoms. The molecule has 4 heteroatoms. The third-order valence-corrected chi connectivity index (χ3v) is 5.58. The number of H-pyrrole nitrogens is 1. The second-order valence-corrected chi connectivity index (χ2v) is 6.44. The largest absolute Gasteiger partial charge is 0.304 e. The highest BCUT2D eigenvalue weighted by Gasteiger charge is 2.66. The van der Waals surface area contributed by atoms with Crippen LogP contribution in [0.25, 0.3) is 0 Å². The molecule has 0 radical (unpaired) electrons. The van der Waals surface area contributed by atoms with Crippen LogP contribution in [0.2, 0.25) is 0 Å². The van der Waals surface area contributed by atoms with Crippen molar-refractivity contribution < 1.29 is 0 Å². The summed E-state index contributed by atoms with van der Waals surface area (Å²) in [6.07, 6.45) is 5.59. The van der Waals surface area contributed by atoms with Crippen molar-refractivity contribution in [3.05, 3.63) is 10.6 Å². The summed E-state index contributed by atoms with van der Waals surface area (Å²) in [5, 5.41) is 7.52. The second kappa shape index (κ2) is 3.44. The number of nitrogens with zero attached hydrogens (tertiary/aromatic N) is 2. The first kappa shape index (κ1) is 10.3. The van der Waals surface area contributed by atoms with Crippen molar-refractivity contribution in [2.24, 2.45) is 23.7 Å². The van der Waals surface area contributed by atoms with E-state index in [1.54, 1.807) is 0 Å². The average molecular weight is 249 g/mol. The zero-order valence-corrected chi connectivity index (χ0v) is 11.0. The molecule has 3 aliphatic rings. The van der Waals surface area contributed by atoms with E-state index in [0.717, 1.165) is 47.3 Å². The van der Waals surface area contributed by atoms with Gasteiger partial charge in [-0.3, -0.25) is 5.10 Å². The summed E-state index contributed by atoms with van der Waals surface area (Å²) in [5.74, 6) is 5.93. The molecule has 1 aromatic rings. The minimum Gasteiger partial charge on any atom is -0.304 e. The highest BCUT2D eigenvalue weighted by molar-refractivity contribution is 7.71. The topological polar surface area (TPSA) is 33.6 Å². The Morgan fingerprint density at radius 2 is 2.06 bits per heavy atom. The first-order chi connectivity index (χ1) is 8.31. The van der Waals surface area contributed by atoms with Gasteiger partial charge in [-0.05, 0) is 61.6 Å². The minimum atomic E-state index is 0.737. The number of fused-ring (bicyclic) bond motifs is 5. The summed E-state index contributed by atoms with van der Waals surface area (Å²) in [4.78, 5) is 0. The van der Waals surface area contributed by atoms with Gasteiger partial charge in [0.2, 0.25) is 0 Å². The van der Waals surface area contributed by atoms with Gasteiger partial charge in [0.05, 0.1) is 0 Å². The van der Waals surface area contributed by atoms with E-state index in [9.17, 15) is 0 Å². The summed E-state index contributed by atoms with van der Waals surface area (Å²) in [6, 6.07) is 0. The van der Waals surface area contributed by atoms with Gasteiger partial charge >= 0.3 is 0 Å². The molecule has 0 saturated heterocycles. The zero-order valence-electron chi connectivity index (χ0n) is 10.2. The fourth-order valence-corrected chi connectivity index (χ4v) is 4.92. The van der Waals surface area contributed by atoms with E-state index < -0.39 is 0 Å². The van der Waals surface area contributed by atoms with Crippen LogP contribution in [-0.2, 0) is 6.54 Å². The van der Waals surface area contributed by atoms with Crippen LogP contribution < -0.4 is 0 Å². The standard InChI is InChI=1S/C13H19N3S/c1-2-5-16-12(14-15-13(16)17)11-9-7-3-4-8(6-7)10(9)11/h7-11H,2-6H2,1H3,(H,15,17). The Hall–Kier alpha value is -0.640. The van der Waals surface area contributed by atoms with Crippen LogP contribution in [0, 0.1) is 28.4 Å². The van der Waals surface area contributed by atoms with Crippen molar-refractivity contribution in [3.8, 4) is 0 Å². The van der Waals surface area contributed by atoms with Crippen molar-refractivity contribution in [2.45, 2.75) is 45.1 Å². The molecular formula is C13H19N3S. The van der Waals surface area contributed by atoms with E-state index in [1.165, 1.54) is 25.1 Å². The Bertz CT molecular complexity index is 487. The van der Waals surface area contributed by atoms with Crippen LogP contribution in [0.1, 0.15) is 44.3 Å². The molecule has 4 atom stereocenters. The van der Waals surface area contributed by atoms with Crippen molar-refractivity contribution >= 4 is 12.2 Å². The molecule has 4 rings (SSSR count). The lowest BCUT2D eigenvalue weighted by Gasteiger charge is -2.09. The number of aromatic nitrogens is 3. The Balaban J connectivity index is 1.67. The van der Waals surface area contributed by atoms with Crippen LogP contribution in [0.15, 0.2) is 0 Å². The summed E-state index contributed by atoms with van der Waals surface area (Å²) in [5.41, 5.74) is 0. The minimum absolute atomic E-state index is 0.737. The molecule has 0 aromatic carbocycles. The molecule has 3 nitrogen and oxygen atoms in total. The predicted octanol–water partition coefficient (Wildman–Crippen LogP) is 3.11. The van der Waals surface area contributed by atoms with Gasteiger partial charge in [0.1, 0.15) is 5.82 Å². The molecule has 0 aliphatic heterocycles. The molecule has 0 spiro atoms. The Labute approximate surface area is 107 Å². The number of hydrogen-bond acceptors (Lipinski definition) is 2. The molecule has 3 aliphatic carbocycles. The van der Waals surface area contributed by atoms with E-state index >= 15 is 0 Å². The summed E-state index contributed by atoms with van der Waals surface area (Å²) >= 11 is 5.34. The lowest BCUT2D eigenvalue weighted by atomic mass is 10.0. The third kappa shape index (κ3) is 1.28. The molecule has 1 aromatic heterocycles. The maximum atomic E-state index is 5.34. The lowest BCUT2D eigenvalue weighted by Crippen LogP contribution is -2.07. The van der Waals surface area contributed by atoms with Crippen LogP contribution in [0.3, 0.4) is 0 Å². The van der Waals surface area contributed by atoms with Gasteiger partial charge < -0.3 is 4.57 Å². The van der Waals surface area contributed by atoms with Crippen molar-refractivity contribution in [1.82, 2.24) is 14.8 Å². The number of aromatic amines is 1. The van der Waals surface area contributed by atoms with Gasteiger partial charge in [-0.15, -0.1) is 0 Å². The molecule has 3 saturated carbocycles. The highest BCUT2D eigenvalue weighted by atomic mass is 32.1. The quantitative estimate of drug-likeness (QED) is 0.835. The van der Waals surface area contributed by atoms with Crippen molar-refractivity contribution in [2.75, 3.05) is 0 Å². The maximum absolute atomic E-state index is 5.34. The summed E-state index contributed by atoms with van der Waals surface area (Å²) in [7, 11) is 0. The van der Waals surface area contributed by atoms with E-state index in [4.69, 9.17) is 12.2 Å². The molecule has 1 heterocycles. The SMILES string of the molecule is CCCn1c(C2C3C4CCC(C4)C23)n[nH]c1=S. The zero-order chi connectivity index (χ0) is 11.6. The van der Waals surface area contributed by atoms with Crippen LogP contribution in [-0.4, -0.2) is 14.8 Å². The summed E-state index contributed by atoms with van der Waals surface area (Å²) < 4.78 is 3.07. The first-order valence-corrected chi connectivity index (χ1v) is 7.37. The van der Waals surface area contributed by atoms with Gasteiger partial charge in [0.25, 0.3) is 0 Å². The van der Waals surface area contributed by atoms with Gasteiger partial charge in [-0.25, -0.2) is 0 Å². The van der Waals surface area contributed by atoms with Crippen LogP contribution >= 0.6 is 12.2 Å². The molecule has 3 fully saturated rings. The van der Waals surface area contributed by atoms with Gasteiger partial charge in [0, 0.05) is 12.5 Å². The maximum Gasteiger partial charge on any atom is 0.195 e. The van der Waals surface area contributed by atoms with E-state index in [1.807, 2.05) is 0 Å². The summed E-state index contributed by atoms with van der Waals surface area (Å²) in [6.45, 7) is 3.23. The first-order valence-electron chi connectivity index (χ1n) is 6.96. The molecule has 4 unspecified atom stereocenters. The van der Waals surface area contributed by atoms with Crippen molar-refractivity contribution in [1.29, 1.82) is 0 Å².